The molecular formula is C30H36N2O5. The summed E-state index contributed by atoms with van der Waals surface area (Å²) < 4.78 is 10.4. The first kappa shape index (κ1) is 25.5. The normalized spacial score (nSPS) is 27.4. The molecule has 0 bridgehead atoms. The lowest BCUT2D eigenvalue weighted by atomic mass is 9.67. The van der Waals surface area contributed by atoms with Crippen molar-refractivity contribution in [2.24, 2.45) is 11.8 Å². The van der Waals surface area contributed by atoms with Crippen LogP contribution in [0.15, 0.2) is 60.4 Å². The van der Waals surface area contributed by atoms with Gasteiger partial charge in [-0.2, -0.15) is 0 Å². The first-order valence-corrected chi connectivity index (χ1v) is 13.1. The number of amides is 1. The Morgan fingerprint density at radius 1 is 1.14 bits per heavy atom. The van der Waals surface area contributed by atoms with Crippen LogP contribution < -0.4 is 4.90 Å². The zero-order valence-electron chi connectivity index (χ0n) is 21.9. The van der Waals surface area contributed by atoms with Crippen molar-refractivity contribution in [3.05, 3.63) is 77.1 Å². The number of nitrogens with zero attached hydrogens (tertiary/aromatic N) is 2. The molecule has 37 heavy (non-hydrogen) atoms. The lowest BCUT2D eigenvalue weighted by Crippen LogP contribution is -2.54. The van der Waals surface area contributed by atoms with Crippen molar-refractivity contribution in [2.75, 3.05) is 32.2 Å². The van der Waals surface area contributed by atoms with Gasteiger partial charge in [-0.25, -0.2) is 4.79 Å². The molecule has 2 fully saturated rings. The summed E-state index contributed by atoms with van der Waals surface area (Å²) in [6.07, 6.45) is 3.92. The van der Waals surface area contributed by atoms with Gasteiger partial charge in [-0.1, -0.05) is 55.8 Å². The molecule has 0 saturated carbocycles. The van der Waals surface area contributed by atoms with Crippen LogP contribution >= 0.6 is 0 Å². The van der Waals surface area contributed by atoms with Crippen molar-refractivity contribution in [2.45, 2.75) is 50.8 Å². The molecule has 1 unspecified atom stereocenters. The lowest BCUT2D eigenvalue weighted by Gasteiger charge is -2.45. The maximum Gasteiger partial charge on any atom is 0.337 e. The Kier molecular flexibility index (Phi) is 7.10. The topological polar surface area (TPSA) is 79.3 Å². The quantitative estimate of drug-likeness (QED) is 0.351. The Hall–Kier alpha value is -3.16. The molecule has 1 N–H and O–H groups in total. The van der Waals surface area contributed by atoms with Crippen molar-refractivity contribution in [3.63, 3.8) is 0 Å². The van der Waals surface area contributed by atoms with Gasteiger partial charge in [-0.05, 0) is 54.0 Å². The van der Waals surface area contributed by atoms with Gasteiger partial charge in [0.05, 0.1) is 44.6 Å². The summed E-state index contributed by atoms with van der Waals surface area (Å²) in [4.78, 5) is 31.6. The minimum atomic E-state index is -0.646. The summed E-state index contributed by atoms with van der Waals surface area (Å²) in [5.41, 5.74) is 3.84. The number of hydrogen-bond acceptors (Lipinski definition) is 6. The number of hydrogen-bond donors (Lipinski definition) is 1. The number of ether oxygens (including phenoxy) is 2. The van der Waals surface area contributed by atoms with Crippen LogP contribution in [0.2, 0.25) is 0 Å². The van der Waals surface area contributed by atoms with Crippen LogP contribution in [0, 0.1) is 11.8 Å². The molecule has 7 heteroatoms. The third-order valence-corrected chi connectivity index (χ3v) is 8.76. The number of para-hydroxylation sites is 1. The molecule has 2 aromatic carbocycles. The first-order valence-electron chi connectivity index (χ1n) is 13.1. The highest BCUT2D eigenvalue weighted by Crippen LogP contribution is 2.55. The molecule has 3 aliphatic rings. The minimum Gasteiger partial charge on any atom is -0.504 e. The summed E-state index contributed by atoms with van der Waals surface area (Å²) in [7, 11) is 2.96. The Balaban J connectivity index is 1.52. The fourth-order valence-corrected chi connectivity index (χ4v) is 6.92. The second kappa shape index (κ2) is 10.3. The number of benzene rings is 2. The van der Waals surface area contributed by atoms with E-state index >= 15 is 0 Å². The minimum absolute atomic E-state index is 0.00259. The molecule has 0 aliphatic carbocycles. The van der Waals surface area contributed by atoms with Gasteiger partial charge >= 0.3 is 5.97 Å². The van der Waals surface area contributed by atoms with Gasteiger partial charge < -0.3 is 19.5 Å². The Bertz CT molecular complexity index is 1190. The van der Waals surface area contributed by atoms with Gasteiger partial charge in [0.25, 0.3) is 0 Å². The fraction of sp³-hybridized carbons (Fsp3) is 0.467. The molecule has 1 spiro atoms. The third-order valence-electron chi connectivity index (χ3n) is 8.76. The number of carbonyl (C=O) groups is 2. The molecule has 2 saturated heterocycles. The lowest BCUT2D eigenvalue weighted by molar-refractivity contribution is -0.137. The summed E-state index contributed by atoms with van der Waals surface area (Å²) in [6, 6.07) is 15.9. The van der Waals surface area contributed by atoms with Crippen LogP contribution in [0.25, 0.3) is 0 Å². The molecule has 0 radical (unpaired) electrons. The summed E-state index contributed by atoms with van der Waals surface area (Å²) in [5, 5.41) is 9.41. The van der Waals surface area contributed by atoms with Gasteiger partial charge in [0.15, 0.2) is 0 Å². The fourth-order valence-electron chi connectivity index (χ4n) is 6.92. The number of fused-ring (bicyclic) bond motifs is 4. The van der Waals surface area contributed by atoms with E-state index in [1.165, 1.54) is 13.4 Å². The van der Waals surface area contributed by atoms with Crippen LogP contribution in [0.3, 0.4) is 0 Å². The van der Waals surface area contributed by atoms with E-state index in [4.69, 9.17) is 9.47 Å². The highest BCUT2D eigenvalue weighted by atomic mass is 16.5. The molecule has 3 heterocycles. The van der Waals surface area contributed by atoms with Gasteiger partial charge in [-0.15, -0.1) is 0 Å². The summed E-state index contributed by atoms with van der Waals surface area (Å²) in [5.74, 6) is 0.00169. The summed E-state index contributed by atoms with van der Waals surface area (Å²) >= 11 is 0. The molecule has 196 valence electrons. The standard InChI is InChI=1S/C30H36N2O5/c1-4-22-17-31-14-13-30(27(31)15-23(22)24(19-36-2)28(34)37-3)25-7-5-6-8-26(25)32(29(30)35)16-20-9-11-21(18-33)12-10-20/h5-12,19,22-23,27,33H,4,13-18H2,1-3H3/b24-19+/t22-,23-,27?,30+/m0/s1. The second-order valence-corrected chi connectivity index (χ2v) is 10.4. The average molecular weight is 505 g/mol. The molecular weight excluding hydrogens is 468 g/mol. The number of methoxy groups -OCH3 is 2. The first-order chi connectivity index (χ1) is 18.0. The number of aliphatic hydroxyl groups excluding tert-OH is 1. The number of esters is 1. The van der Waals surface area contributed by atoms with E-state index in [2.05, 4.69) is 17.9 Å². The van der Waals surface area contributed by atoms with E-state index < -0.39 is 5.41 Å². The maximum absolute atomic E-state index is 14.4. The van der Waals surface area contributed by atoms with Crippen LogP contribution in [-0.4, -0.2) is 55.2 Å². The average Bonchev–Trinajstić information content (AvgIpc) is 3.43. The van der Waals surface area contributed by atoms with Crippen molar-refractivity contribution in [1.82, 2.24) is 4.90 Å². The Morgan fingerprint density at radius 3 is 2.54 bits per heavy atom. The van der Waals surface area contributed by atoms with Gasteiger partial charge in [0.2, 0.25) is 5.91 Å². The number of rotatable bonds is 7. The predicted octanol–water partition coefficient (Wildman–Crippen LogP) is 3.79. The molecule has 7 nitrogen and oxygen atoms in total. The highest BCUT2D eigenvalue weighted by molar-refractivity contribution is 6.09. The van der Waals surface area contributed by atoms with E-state index in [9.17, 15) is 14.7 Å². The Morgan fingerprint density at radius 2 is 1.86 bits per heavy atom. The predicted molar refractivity (Wildman–Crippen MR) is 141 cm³/mol. The van der Waals surface area contributed by atoms with Crippen LogP contribution in [0.1, 0.15) is 42.9 Å². The molecule has 0 aromatic heterocycles. The van der Waals surface area contributed by atoms with Crippen molar-refractivity contribution in [1.29, 1.82) is 0 Å². The van der Waals surface area contributed by atoms with E-state index in [1.807, 2.05) is 47.4 Å². The molecule has 1 amide bonds. The SMILES string of the molecule is CC[C@H]1CN2CC[C@]3(C(=O)N(Cc4ccc(CO)cc4)c4ccccc43)C2C[C@@H]1/C(=C\OC)C(=O)OC. The van der Waals surface area contributed by atoms with Gasteiger partial charge in [0, 0.05) is 18.3 Å². The van der Waals surface area contributed by atoms with Crippen molar-refractivity contribution >= 4 is 17.6 Å². The molecule has 4 atom stereocenters. The molecule has 5 rings (SSSR count). The van der Waals surface area contributed by atoms with Crippen LogP contribution in [0.4, 0.5) is 5.69 Å². The molecule has 2 aromatic rings. The number of piperidine rings is 1. The van der Waals surface area contributed by atoms with E-state index in [0.717, 1.165) is 48.3 Å². The number of aliphatic hydroxyl groups is 1. The van der Waals surface area contributed by atoms with Gasteiger partial charge in [0.1, 0.15) is 0 Å². The largest absolute Gasteiger partial charge is 0.504 e. The zero-order chi connectivity index (χ0) is 26.2. The van der Waals surface area contributed by atoms with Crippen LogP contribution in [0.5, 0.6) is 0 Å². The summed E-state index contributed by atoms with van der Waals surface area (Å²) in [6.45, 7) is 4.33. The highest BCUT2D eigenvalue weighted by Gasteiger charge is 2.62. The van der Waals surface area contributed by atoms with Crippen molar-refractivity contribution in [3.8, 4) is 0 Å². The van der Waals surface area contributed by atoms with Gasteiger partial charge in [-0.3, -0.25) is 9.69 Å². The zero-order valence-corrected chi connectivity index (χ0v) is 21.9. The smallest absolute Gasteiger partial charge is 0.337 e. The Labute approximate surface area is 218 Å². The van der Waals surface area contributed by atoms with E-state index in [0.29, 0.717) is 18.5 Å². The third kappa shape index (κ3) is 4.14. The maximum atomic E-state index is 14.4. The van der Waals surface area contributed by atoms with E-state index in [1.54, 1.807) is 7.11 Å². The van der Waals surface area contributed by atoms with Crippen molar-refractivity contribution < 1.29 is 24.2 Å². The second-order valence-electron chi connectivity index (χ2n) is 10.4. The monoisotopic (exact) mass is 504 g/mol. The van der Waals surface area contributed by atoms with Crippen LogP contribution in [-0.2, 0) is 37.6 Å². The van der Waals surface area contributed by atoms with E-state index in [-0.39, 0.29) is 36.4 Å². The number of anilines is 1. The number of carbonyl (C=O) groups excluding carboxylic acids is 2. The molecule has 3 aliphatic heterocycles.